The summed E-state index contributed by atoms with van der Waals surface area (Å²) in [5.41, 5.74) is 31.8. The Bertz CT molecular complexity index is 5690. The summed E-state index contributed by atoms with van der Waals surface area (Å²) in [5, 5.41) is -0.0268. The highest BCUT2D eigenvalue weighted by molar-refractivity contribution is 8.00. The van der Waals surface area contributed by atoms with Crippen molar-refractivity contribution in [3.05, 3.63) is 399 Å². The smallest absolute Gasteiger partial charge is 0.249 e. The fourth-order valence-corrected chi connectivity index (χ4v) is 19.7. The van der Waals surface area contributed by atoms with E-state index in [2.05, 4.69) is 408 Å². The van der Waals surface area contributed by atoms with E-state index in [1.807, 2.05) is 23.5 Å². The molecule has 5 aliphatic rings. The number of hydrogen-bond acceptors (Lipinski definition) is 6. The summed E-state index contributed by atoms with van der Waals surface area (Å²) in [6, 6.07) is 140. The first-order valence-corrected chi connectivity index (χ1v) is 37.6. The lowest BCUT2D eigenvalue weighted by Gasteiger charge is -2.49. The van der Waals surface area contributed by atoms with E-state index in [4.69, 9.17) is 0 Å². The van der Waals surface area contributed by atoms with Gasteiger partial charge in [-0.05, 0) is 140 Å². The van der Waals surface area contributed by atoms with E-state index >= 15 is 0 Å². The second-order valence-corrected chi connectivity index (χ2v) is 29.6. The Balaban J connectivity index is 0.882. The van der Waals surface area contributed by atoms with Crippen LogP contribution in [0.3, 0.4) is 0 Å². The fraction of sp³-hybridized carbons (Fsp3) is 0.0208. The molecule has 2 unspecified atom stereocenters. The van der Waals surface area contributed by atoms with Gasteiger partial charge in [-0.3, -0.25) is 0 Å². The number of allylic oxidation sites excluding steroid dienone is 2. The maximum atomic E-state index is 2.78. The average Bonchev–Trinajstić information content (AvgIpc) is 0.693. The summed E-state index contributed by atoms with van der Waals surface area (Å²) < 4.78 is 0. The van der Waals surface area contributed by atoms with Gasteiger partial charge in [0.2, 0.25) is 13.4 Å². The van der Waals surface area contributed by atoms with Gasteiger partial charge in [0.1, 0.15) is 0 Å². The third-order valence-electron chi connectivity index (χ3n) is 21.5. The van der Waals surface area contributed by atoms with Gasteiger partial charge in [-0.25, -0.2) is 0 Å². The van der Waals surface area contributed by atoms with E-state index in [1.165, 1.54) is 75.9 Å². The van der Waals surface area contributed by atoms with Crippen molar-refractivity contribution in [2.75, 3.05) is 19.6 Å². The van der Waals surface area contributed by atoms with Gasteiger partial charge in [0, 0.05) is 98.9 Å². The summed E-state index contributed by atoms with van der Waals surface area (Å²) in [4.78, 5) is 14.2. The highest BCUT2D eigenvalue weighted by atomic mass is 32.2. The largest absolute Gasteiger partial charge is 0.311 e. The molecule has 0 amide bonds. The first kappa shape index (κ1) is 61.7. The Labute approximate surface area is 617 Å². The molecule has 4 aliphatic heterocycles. The van der Waals surface area contributed by atoms with Crippen molar-refractivity contribution < 1.29 is 0 Å². The molecule has 15 aromatic carbocycles. The van der Waals surface area contributed by atoms with Crippen molar-refractivity contribution in [1.82, 2.24) is 0 Å². The zero-order chi connectivity index (χ0) is 68.6. The number of hydrogen-bond donors (Lipinski definition) is 0. The van der Waals surface area contributed by atoms with Crippen LogP contribution in [-0.4, -0.2) is 18.7 Å². The standard InChI is InChI=1S/C96H66B2N4S2/c1-9-33-65(34-10-1)75-49-25-28-56-84(75)101-86-64-90-83(63-82(86)98-81-55-27-30-58-89(81)103-91-61-73(59-87(101)93(91)98)99(70-43-19-6-20-44-70)71-45-21-7-22-46-71)97-80-54-26-29-57-85(80)102(96-78(68-39-15-4-16-40-68)52-32-53-79(96)69-41-17-5-18-42-69)88-60-74(62-92(104-90)94(88)97)100(72-47-23-8-24-48-72)95-76(66-35-11-2-12-36-66)50-31-51-77(95)67-37-13-3-14-38-67/h1-64,83,90H. The summed E-state index contributed by atoms with van der Waals surface area (Å²) in [7, 11) is 0. The van der Waals surface area contributed by atoms with E-state index in [-0.39, 0.29) is 24.5 Å². The number of anilines is 11. The van der Waals surface area contributed by atoms with Crippen LogP contribution < -0.4 is 41.5 Å². The molecule has 0 fully saturated rings. The highest BCUT2D eigenvalue weighted by Crippen LogP contribution is 2.58. The molecular formula is C96H66B2N4S2. The van der Waals surface area contributed by atoms with Crippen LogP contribution >= 0.6 is 23.5 Å². The van der Waals surface area contributed by atoms with Gasteiger partial charge in [-0.1, -0.05) is 321 Å². The first-order valence-electron chi connectivity index (χ1n) is 36.0. The molecule has 104 heavy (non-hydrogen) atoms. The minimum absolute atomic E-state index is 0.0229. The van der Waals surface area contributed by atoms with Gasteiger partial charge < -0.3 is 19.6 Å². The number of benzene rings is 15. The second-order valence-electron chi connectivity index (χ2n) is 27.3. The van der Waals surface area contributed by atoms with Crippen molar-refractivity contribution in [1.29, 1.82) is 0 Å². The minimum Gasteiger partial charge on any atom is -0.311 e. The van der Waals surface area contributed by atoms with Gasteiger partial charge in [0.05, 0.1) is 17.1 Å². The Kier molecular flexibility index (Phi) is 15.4. The summed E-state index contributed by atoms with van der Waals surface area (Å²) in [6.07, 6.45) is 5.50. The Morgan fingerprint density at radius 1 is 0.288 bits per heavy atom. The summed E-state index contributed by atoms with van der Waals surface area (Å²) >= 11 is 3.95. The molecule has 0 saturated carbocycles. The van der Waals surface area contributed by atoms with Crippen molar-refractivity contribution in [2.45, 2.75) is 25.8 Å². The van der Waals surface area contributed by atoms with Gasteiger partial charge in [0.25, 0.3) is 0 Å². The number of para-hydroxylation sites is 7. The third-order valence-corrected chi connectivity index (χ3v) is 23.9. The molecule has 0 aromatic heterocycles. The van der Waals surface area contributed by atoms with Crippen LogP contribution in [0.4, 0.5) is 62.6 Å². The maximum absolute atomic E-state index is 2.78. The van der Waals surface area contributed by atoms with Crippen LogP contribution in [0.15, 0.2) is 414 Å². The SMILES string of the molecule is C1=C2B3c4ccccc4Sc4cc(N(c5ccccc5)c5ccccc5)cc(c43)N(c3ccccc3-c3ccccc3)C2=CC2Sc3cc(N(c4ccccc4)c4c(-c5ccccc5)cccc4-c4ccccc4)cc4c3B(c3ccccc3N4c3c(-c4ccccc4)cccc3-c3ccccc3)C12. The fourth-order valence-electron chi connectivity index (χ4n) is 17.1. The molecule has 4 nitrogen and oxygen atoms in total. The van der Waals surface area contributed by atoms with Crippen molar-refractivity contribution in [3.63, 3.8) is 0 Å². The molecule has 0 N–H and O–H groups in total. The number of rotatable bonds is 13. The molecular weight excluding hydrogens is 1290 g/mol. The molecule has 4 heterocycles. The molecule has 20 rings (SSSR count). The maximum Gasteiger partial charge on any atom is 0.249 e. The normalized spacial score (nSPS) is 14.9. The van der Waals surface area contributed by atoms with Crippen LogP contribution in [-0.2, 0) is 0 Å². The molecule has 0 saturated heterocycles. The lowest BCUT2D eigenvalue weighted by Crippen LogP contribution is -2.59. The van der Waals surface area contributed by atoms with E-state index in [0.717, 1.165) is 90.0 Å². The van der Waals surface area contributed by atoms with E-state index < -0.39 is 0 Å². The molecule has 8 heteroatoms. The number of nitrogens with zero attached hydrogens (tertiary/aromatic N) is 4. The van der Waals surface area contributed by atoms with E-state index in [0.29, 0.717) is 0 Å². The first-order chi connectivity index (χ1) is 51.6. The number of fused-ring (bicyclic) bond motifs is 8. The quantitative estimate of drug-likeness (QED) is 0.106. The van der Waals surface area contributed by atoms with Crippen LogP contribution in [0.25, 0.3) is 55.6 Å². The van der Waals surface area contributed by atoms with Crippen LogP contribution in [0.2, 0.25) is 5.82 Å². The van der Waals surface area contributed by atoms with Crippen LogP contribution in [0, 0.1) is 0 Å². The van der Waals surface area contributed by atoms with Gasteiger partial charge in [0.15, 0.2) is 0 Å². The molecule has 0 spiro atoms. The zero-order valence-corrected chi connectivity index (χ0v) is 58.5. The number of thioether (sulfide) groups is 1. The molecule has 488 valence electrons. The van der Waals surface area contributed by atoms with Crippen molar-refractivity contribution in [2.24, 2.45) is 0 Å². The molecule has 1 aliphatic carbocycles. The van der Waals surface area contributed by atoms with Crippen molar-refractivity contribution >= 4 is 121 Å². The van der Waals surface area contributed by atoms with Gasteiger partial charge in [-0.15, -0.1) is 11.8 Å². The predicted octanol–water partition coefficient (Wildman–Crippen LogP) is 23.5. The Hall–Kier alpha value is -12.2. The molecule has 2 atom stereocenters. The predicted molar refractivity (Wildman–Crippen MR) is 443 cm³/mol. The second kappa shape index (κ2) is 26.0. The molecule has 0 radical (unpaired) electrons. The van der Waals surface area contributed by atoms with Gasteiger partial charge in [-0.2, -0.15) is 0 Å². The lowest BCUT2D eigenvalue weighted by atomic mass is 9.28. The molecule has 0 bridgehead atoms. The van der Waals surface area contributed by atoms with Crippen LogP contribution in [0.5, 0.6) is 0 Å². The third kappa shape index (κ3) is 10.4. The summed E-state index contributed by atoms with van der Waals surface area (Å²) in [6.45, 7) is -0.131. The monoisotopic (exact) mass is 1360 g/mol. The summed E-state index contributed by atoms with van der Waals surface area (Å²) in [5.74, 6) is 0.0229. The topological polar surface area (TPSA) is 13.0 Å². The zero-order valence-electron chi connectivity index (χ0n) is 56.9. The molecule has 15 aromatic rings. The Morgan fingerprint density at radius 3 is 1.26 bits per heavy atom. The van der Waals surface area contributed by atoms with E-state index in [1.54, 1.807) is 0 Å². The highest BCUT2D eigenvalue weighted by Gasteiger charge is 2.52. The van der Waals surface area contributed by atoms with Crippen LogP contribution in [0.1, 0.15) is 0 Å². The van der Waals surface area contributed by atoms with E-state index in [9.17, 15) is 0 Å². The minimum atomic E-state index is -0.0709. The lowest BCUT2D eigenvalue weighted by molar-refractivity contribution is 0.970. The van der Waals surface area contributed by atoms with Crippen molar-refractivity contribution in [3.8, 4) is 55.6 Å². The van der Waals surface area contributed by atoms with Gasteiger partial charge >= 0.3 is 0 Å². The average molecular weight is 1360 g/mol. The Morgan fingerprint density at radius 2 is 0.702 bits per heavy atom.